The summed E-state index contributed by atoms with van der Waals surface area (Å²) in [7, 11) is 0. The third-order valence-electron chi connectivity index (χ3n) is 10.1. The standard InChI is InChI=1S/C28H40O8/c1-25(2,13-22(32)33)14-23(34)36-15-21(31)28(35)10-8-19-18-6-5-16-11-17(29)7-9-26(16,3)24(18)20(30)12-27(19,28)4/h11,18-20,24,30,35H,5-10,12-15H2,1-4H3,(H,32,33)/t18-,19-,20-,24+,26-,27-,28+/m0/s1. The highest BCUT2D eigenvalue weighted by Crippen LogP contribution is 2.67. The first-order valence-electron chi connectivity index (χ1n) is 13.2. The van der Waals surface area contributed by atoms with E-state index in [0.717, 1.165) is 24.8 Å². The van der Waals surface area contributed by atoms with E-state index in [1.807, 2.05) is 6.92 Å². The van der Waals surface area contributed by atoms with Gasteiger partial charge in [-0.1, -0.05) is 33.3 Å². The van der Waals surface area contributed by atoms with Crippen molar-refractivity contribution >= 4 is 23.5 Å². The molecule has 0 spiro atoms. The normalized spacial score (nSPS) is 39.9. The molecule has 0 saturated heterocycles. The number of aliphatic hydroxyl groups excluding tert-OH is 1. The first-order valence-corrected chi connectivity index (χ1v) is 13.2. The molecular formula is C28H40O8. The molecule has 200 valence electrons. The van der Waals surface area contributed by atoms with E-state index in [0.29, 0.717) is 12.8 Å². The Kier molecular flexibility index (Phi) is 6.78. The van der Waals surface area contributed by atoms with Crippen LogP contribution in [-0.2, 0) is 23.9 Å². The molecule has 0 heterocycles. The molecular weight excluding hydrogens is 464 g/mol. The van der Waals surface area contributed by atoms with Crippen LogP contribution in [0.3, 0.4) is 0 Å². The van der Waals surface area contributed by atoms with Gasteiger partial charge < -0.3 is 20.1 Å². The average molecular weight is 505 g/mol. The van der Waals surface area contributed by atoms with Crippen molar-refractivity contribution in [3.63, 3.8) is 0 Å². The molecule has 3 N–H and O–H groups in total. The Morgan fingerprint density at radius 2 is 1.81 bits per heavy atom. The number of rotatable bonds is 7. The number of carbonyl (C=O) groups is 4. The molecule has 4 aliphatic rings. The number of fused-ring (bicyclic) bond motifs is 5. The minimum atomic E-state index is -1.71. The SMILES string of the molecule is CC(C)(CC(=O)O)CC(=O)OCC(=O)[C@]1(O)CC[C@H]2[C@@H]3CCC4=CC(=O)CC[C@]4(C)[C@H]3[C@@H](O)C[C@@]21C. The number of ketones is 2. The van der Waals surface area contributed by atoms with Gasteiger partial charge in [-0.05, 0) is 73.2 Å². The van der Waals surface area contributed by atoms with Gasteiger partial charge in [0, 0.05) is 11.8 Å². The van der Waals surface area contributed by atoms with Crippen molar-refractivity contribution in [2.75, 3.05) is 6.61 Å². The van der Waals surface area contributed by atoms with Gasteiger partial charge in [0.2, 0.25) is 5.78 Å². The summed E-state index contributed by atoms with van der Waals surface area (Å²) in [6.07, 6.45) is 4.70. The fraction of sp³-hybridized carbons (Fsp3) is 0.786. The summed E-state index contributed by atoms with van der Waals surface area (Å²) in [4.78, 5) is 48.7. The Balaban J connectivity index is 1.49. The molecule has 8 heteroatoms. The number of hydrogen-bond donors (Lipinski definition) is 3. The lowest BCUT2D eigenvalue weighted by Gasteiger charge is -2.60. The monoisotopic (exact) mass is 504 g/mol. The number of ether oxygens (including phenoxy) is 1. The molecule has 0 amide bonds. The second-order valence-electron chi connectivity index (χ2n) is 13.0. The zero-order chi connectivity index (χ0) is 26.7. The van der Waals surface area contributed by atoms with E-state index in [2.05, 4.69) is 6.92 Å². The van der Waals surface area contributed by atoms with Gasteiger partial charge in [0.15, 0.2) is 12.4 Å². The minimum absolute atomic E-state index is 0.0181. The predicted molar refractivity (Wildman–Crippen MR) is 130 cm³/mol. The van der Waals surface area contributed by atoms with E-state index >= 15 is 0 Å². The number of aliphatic hydroxyl groups is 2. The van der Waals surface area contributed by atoms with Crippen LogP contribution in [0.25, 0.3) is 0 Å². The number of esters is 1. The van der Waals surface area contributed by atoms with Gasteiger partial charge >= 0.3 is 11.9 Å². The Labute approximate surface area is 212 Å². The number of carboxylic acids is 1. The zero-order valence-electron chi connectivity index (χ0n) is 21.8. The number of carbonyl (C=O) groups excluding carboxylic acids is 3. The minimum Gasteiger partial charge on any atom is -0.481 e. The molecule has 0 aromatic carbocycles. The van der Waals surface area contributed by atoms with Crippen molar-refractivity contribution in [3.8, 4) is 0 Å². The Morgan fingerprint density at radius 1 is 1.11 bits per heavy atom. The van der Waals surface area contributed by atoms with Crippen LogP contribution in [-0.4, -0.2) is 57.1 Å². The summed E-state index contributed by atoms with van der Waals surface area (Å²) in [6, 6.07) is 0. The van der Waals surface area contributed by atoms with Crippen molar-refractivity contribution in [1.29, 1.82) is 0 Å². The molecule has 0 aromatic heterocycles. The maximum atomic E-state index is 13.3. The average Bonchev–Trinajstić information content (AvgIpc) is 3.02. The molecule has 0 unspecified atom stereocenters. The van der Waals surface area contributed by atoms with Crippen molar-refractivity contribution in [2.24, 2.45) is 34.0 Å². The maximum Gasteiger partial charge on any atom is 0.306 e. The lowest BCUT2D eigenvalue weighted by atomic mass is 9.45. The van der Waals surface area contributed by atoms with Crippen LogP contribution in [0.2, 0.25) is 0 Å². The van der Waals surface area contributed by atoms with Crippen LogP contribution in [0.5, 0.6) is 0 Å². The van der Waals surface area contributed by atoms with Crippen LogP contribution in [0, 0.1) is 34.0 Å². The summed E-state index contributed by atoms with van der Waals surface area (Å²) >= 11 is 0. The number of Topliss-reactive ketones (excluding diaryl/α,β-unsaturated/α-hetero) is 1. The van der Waals surface area contributed by atoms with Gasteiger partial charge in [-0.15, -0.1) is 0 Å². The lowest BCUT2D eigenvalue weighted by Crippen LogP contribution is -2.62. The fourth-order valence-corrected chi connectivity index (χ4v) is 8.33. The largest absolute Gasteiger partial charge is 0.481 e. The number of hydrogen-bond acceptors (Lipinski definition) is 7. The van der Waals surface area contributed by atoms with Crippen LogP contribution in [0.15, 0.2) is 11.6 Å². The summed E-state index contributed by atoms with van der Waals surface area (Å²) in [5.41, 5.74) is -2.49. The second-order valence-corrected chi connectivity index (χ2v) is 13.0. The van der Waals surface area contributed by atoms with Crippen LogP contribution in [0.4, 0.5) is 0 Å². The lowest BCUT2D eigenvalue weighted by molar-refractivity contribution is -0.184. The van der Waals surface area contributed by atoms with Gasteiger partial charge in [-0.25, -0.2) is 0 Å². The third-order valence-corrected chi connectivity index (χ3v) is 10.1. The molecule has 8 nitrogen and oxygen atoms in total. The Hall–Kier alpha value is -2.06. The first kappa shape index (κ1) is 27.0. The van der Waals surface area contributed by atoms with E-state index in [9.17, 15) is 29.4 Å². The topological polar surface area (TPSA) is 138 Å². The smallest absolute Gasteiger partial charge is 0.306 e. The van der Waals surface area contributed by atoms with E-state index in [1.165, 1.54) is 0 Å². The van der Waals surface area contributed by atoms with E-state index in [1.54, 1.807) is 19.9 Å². The van der Waals surface area contributed by atoms with E-state index in [4.69, 9.17) is 9.84 Å². The summed E-state index contributed by atoms with van der Waals surface area (Å²) < 4.78 is 5.21. The first-order chi connectivity index (χ1) is 16.6. The van der Waals surface area contributed by atoms with Crippen molar-refractivity contribution in [2.45, 2.75) is 97.2 Å². The van der Waals surface area contributed by atoms with Crippen LogP contribution >= 0.6 is 0 Å². The van der Waals surface area contributed by atoms with E-state index in [-0.39, 0.29) is 54.6 Å². The quantitative estimate of drug-likeness (QED) is 0.449. The Bertz CT molecular complexity index is 998. The second kappa shape index (κ2) is 9.05. The number of aliphatic carboxylic acids is 1. The number of carboxylic acid groups (broad SMARTS) is 1. The van der Waals surface area contributed by atoms with Gasteiger partial charge in [0.1, 0.15) is 5.60 Å². The molecule has 0 aliphatic heterocycles. The highest BCUT2D eigenvalue weighted by Gasteiger charge is 2.68. The van der Waals surface area contributed by atoms with Crippen molar-refractivity contribution in [1.82, 2.24) is 0 Å². The number of allylic oxidation sites excluding steroid dienone is 1. The molecule has 4 aliphatic carbocycles. The summed E-state index contributed by atoms with van der Waals surface area (Å²) in [5, 5.41) is 32.2. The molecule has 3 fully saturated rings. The summed E-state index contributed by atoms with van der Waals surface area (Å²) in [6.45, 7) is 6.77. The Morgan fingerprint density at radius 3 is 2.47 bits per heavy atom. The molecule has 36 heavy (non-hydrogen) atoms. The molecule has 3 saturated carbocycles. The predicted octanol–water partition coefficient (Wildman–Crippen LogP) is 3.22. The van der Waals surface area contributed by atoms with Gasteiger partial charge in [0.25, 0.3) is 0 Å². The van der Waals surface area contributed by atoms with Crippen LogP contribution in [0.1, 0.15) is 85.5 Å². The van der Waals surface area contributed by atoms with Crippen molar-refractivity contribution < 1.29 is 39.2 Å². The van der Waals surface area contributed by atoms with Gasteiger partial charge in [0.05, 0.1) is 18.9 Å². The third kappa shape index (κ3) is 4.34. The van der Waals surface area contributed by atoms with Gasteiger partial charge in [-0.3, -0.25) is 19.2 Å². The maximum absolute atomic E-state index is 13.3. The van der Waals surface area contributed by atoms with Gasteiger partial charge in [-0.2, -0.15) is 0 Å². The zero-order valence-corrected chi connectivity index (χ0v) is 21.8. The van der Waals surface area contributed by atoms with Crippen LogP contribution < -0.4 is 0 Å². The van der Waals surface area contributed by atoms with Crippen molar-refractivity contribution in [3.05, 3.63) is 11.6 Å². The molecule has 0 bridgehead atoms. The molecule has 4 rings (SSSR count). The highest BCUT2D eigenvalue weighted by molar-refractivity contribution is 5.92. The molecule has 0 aromatic rings. The molecule has 0 radical (unpaired) electrons. The fourth-order valence-electron chi connectivity index (χ4n) is 8.33. The highest BCUT2D eigenvalue weighted by atomic mass is 16.5. The van der Waals surface area contributed by atoms with E-state index < -0.39 is 46.9 Å². The summed E-state index contributed by atoms with van der Waals surface area (Å²) in [5.74, 6) is -1.94. The molecule has 7 atom stereocenters.